The van der Waals surface area contributed by atoms with Crippen molar-refractivity contribution in [2.24, 2.45) is 13.0 Å². The number of esters is 1. The minimum Gasteiger partial charge on any atom is -0.460 e. The lowest BCUT2D eigenvalue weighted by molar-refractivity contribution is 0.0503. The number of carbonyl (C=O) groups is 1. The molecule has 1 atom stereocenters. The summed E-state index contributed by atoms with van der Waals surface area (Å²) in [5, 5.41) is 7.72. The van der Waals surface area contributed by atoms with Crippen LogP contribution in [0.1, 0.15) is 30.1 Å². The molecule has 9 nitrogen and oxygen atoms in total. The summed E-state index contributed by atoms with van der Waals surface area (Å²) in [7, 11) is 1.65. The first-order valence-electron chi connectivity index (χ1n) is 11.1. The first kappa shape index (κ1) is 20.3. The monoisotopic (exact) mass is 466 g/mol. The van der Waals surface area contributed by atoms with E-state index in [-0.39, 0.29) is 18.2 Å². The molecule has 5 heterocycles. The normalized spacial score (nSPS) is 23.4. The smallest absolute Gasteiger partial charge is 0.346 e. The number of pyridine rings is 1. The minimum absolute atomic E-state index is 0.0156. The quantitative estimate of drug-likeness (QED) is 0.567. The maximum absolute atomic E-state index is 12.9. The number of rotatable bonds is 3. The van der Waals surface area contributed by atoms with Crippen molar-refractivity contribution in [3.8, 4) is 0 Å². The van der Waals surface area contributed by atoms with Crippen LogP contribution >= 0.6 is 11.6 Å². The van der Waals surface area contributed by atoms with Gasteiger partial charge in [0.1, 0.15) is 17.2 Å². The van der Waals surface area contributed by atoms with E-state index in [0.29, 0.717) is 34.0 Å². The highest BCUT2D eigenvalue weighted by molar-refractivity contribution is 6.33. The van der Waals surface area contributed by atoms with Crippen molar-refractivity contribution < 1.29 is 9.53 Å². The molecule has 33 heavy (non-hydrogen) atoms. The standard InChI is InChI=1S/C23H23ClN6O3/c1-11-10-33-22(32)18-19(26-11)15-7-13(3-4-17(15)29(2)21(18)31)27-20-16(24)8-25-23(28-20)30-9-12-5-14(30)6-12/h3-4,7-8,11-12,14,26H,5-6,9-10H2,1-2H3,(H,25,27,28)/t11-,12?,14?/m0/s1. The zero-order chi connectivity index (χ0) is 22.9. The molecule has 2 aromatic heterocycles. The maximum atomic E-state index is 12.9. The van der Waals surface area contributed by atoms with Gasteiger partial charge in [0.05, 0.1) is 23.4 Å². The number of halogens is 1. The van der Waals surface area contributed by atoms with Crippen molar-refractivity contribution in [3.05, 3.63) is 45.3 Å². The van der Waals surface area contributed by atoms with E-state index in [1.807, 2.05) is 25.1 Å². The van der Waals surface area contributed by atoms with Crippen LogP contribution in [0.3, 0.4) is 0 Å². The lowest BCUT2D eigenvalue weighted by Crippen LogP contribution is -2.29. The SMILES string of the molecule is C[C@H]1COC(=O)c2c(c3cc(Nc4nc(N5CC6CC5C6)ncc4Cl)ccc3n(C)c2=O)N1. The van der Waals surface area contributed by atoms with Gasteiger partial charge in [-0.15, -0.1) is 0 Å². The molecule has 170 valence electrons. The number of nitrogens with one attached hydrogen (secondary N) is 2. The third-order valence-corrected chi connectivity index (χ3v) is 7.09. The highest BCUT2D eigenvalue weighted by atomic mass is 35.5. The number of anilines is 4. The first-order valence-corrected chi connectivity index (χ1v) is 11.4. The Kier molecular flexibility index (Phi) is 4.52. The van der Waals surface area contributed by atoms with Crippen LogP contribution in [0.4, 0.5) is 23.1 Å². The van der Waals surface area contributed by atoms with Crippen molar-refractivity contribution in [2.75, 3.05) is 28.7 Å². The second-order valence-electron chi connectivity index (χ2n) is 9.13. The molecule has 3 aromatic rings. The van der Waals surface area contributed by atoms with Gasteiger partial charge in [0.25, 0.3) is 5.56 Å². The number of benzene rings is 1. The van der Waals surface area contributed by atoms with Crippen LogP contribution in [0, 0.1) is 5.92 Å². The minimum atomic E-state index is -0.616. The van der Waals surface area contributed by atoms with Crippen LogP contribution in [0.25, 0.3) is 10.9 Å². The lowest BCUT2D eigenvalue weighted by Gasteiger charge is -2.26. The number of cyclic esters (lactones) is 1. The van der Waals surface area contributed by atoms with E-state index in [1.54, 1.807) is 13.2 Å². The van der Waals surface area contributed by atoms with E-state index in [9.17, 15) is 9.59 Å². The fraction of sp³-hybridized carbons (Fsp3) is 0.391. The van der Waals surface area contributed by atoms with E-state index in [1.165, 1.54) is 17.4 Å². The molecule has 4 aliphatic rings. The molecule has 7 rings (SSSR count). The molecule has 3 aliphatic heterocycles. The van der Waals surface area contributed by atoms with Crippen LogP contribution < -0.4 is 21.1 Å². The van der Waals surface area contributed by atoms with Gasteiger partial charge in [-0.05, 0) is 43.9 Å². The van der Waals surface area contributed by atoms with E-state index in [0.717, 1.165) is 23.5 Å². The summed E-state index contributed by atoms with van der Waals surface area (Å²) >= 11 is 6.41. The molecule has 1 aliphatic carbocycles. The number of hydrogen-bond acceptors (Lipinski definition) is 8. The molecule has 3 fully saturated rings. The Balaban J connectivity index is 1.42. The predicted molar refractivity (Wildman–Crippen MR) is 127 cm³/mol. The fourth-order valence-corrected chi connectivity index (χ4v) is 5.16. The Morgan fingerprint density at radius 3 is 2.85 bits per heavy atom. The average Bonchev–Trinajstić information content (AvgIpc) is 3.35. The summed E-state index contributed by atoms with van der Waals surface area (Å²) in [6.45, 7) is 3.08. The van der Waals surface area contributed by atoms with E-state index in [4.69, 9.17) is 21.3 Å². The van der Waals surface area contributed by atoms with Gasteiger partial charge in [0.15, 0.2) is 5.82 Å². The molecule has 2 N–H and O–H groups in total. The highest BCUT2D eigenvalue weighted by Gasteiger charge is 2.43. The van der Waals surface area contributed by atoms with Gasteiger partial charge >= 0.3 is 5.97 Å². The number of hydrogen-bond donors (Lipinski definition) is 2. The third kappa shape index (κ3) is 3.21. The first-order chi connectivity index (χ1) is 15.9. The zero-order valence-corrected chi connectivity index (χ0v) is 19.0. The van der Waals surface area contributed by atoms with E-state index in [2.05, 4.69) is 20.5 Å². The van der Waals surface area contributed by atoms with Gasteiger partial charge in [-0.2, -0.15) is 4.98 Å². The highest BCUT2D eigenvalue weighted by Crippen LogP contribution is 2.42. The Bertz CT molecular complexity index is 1370. The number of aryl methyl sites for hydroxylation is 1. The average molecular weight is 467 g/mol. The lowest BCUT2D eigenvalue weighted by atomic mass is 9.86. The van der Waals surface area contributed by atoms with Gasteiger partial charge in [0.2, 0.25) is 5.95 Å². The number of carbonyl (C=O) groups excluding carboxylic acids is 1. The summed E-state index contributed by atoms with van der Waals surface area (Å²) in [4.78, 5) is 36.8. The van der Waals surface area contributed by atoms with E-state index < -0.39 is 11.5 Å². The predicted octanol–water partition coefficient (Wildman–Crippen LogP) is 3.29. The number of fused-ring (bicyclic) bond motifs is 4. The van der Waals surface area contributed by atoms with Gasteiger partial charge in [-0.3, -0.25) is 4.79 Å². The molecule has 2 saturated heterocycles. The van der Waals surface area contributed by atoms with E-state index >= 15 is 0 Å². The summed E-state index contributed by atoms with van der Waals surface area (Å²) in [6, 6.07) is 5.98. The molecular weight excluding hydrogens is 444 g/mol. The Morgan fingerprint density at radius 2 is 2.09 bits per heavy atom. The number of aromatic nitrogens is 3. The Morgan fingerprint density at radius 1 is 1.27 bits per heavy atom. The van der Waals surface area contributed by atoms with Crippen LogP contribution in [0.5, 0.6) is 0 Å². The fourth-order valence-electron chi connectivity index (χ4n) is 5.02. The third-order valence-electron chi connectivity index (χ3n) is 6.81. The number of nitrogens with zero attached hydrogens (tertiary/aromatic N) is 4. The second-order valence-corrected chi connectivity index (χ2v) is 9.53. The van der Waals surface area contributed by atoms with Crippen molar-refractivity contribution in [1.82, 2.24) is 14.5 Å². The topological polar surface area (TPSA) is 101 Å². The van der Waals surface area contributed by atoms with Crippen molar-refractivity contribution in [1.29, 1.82) is 0 Å². The molecule has 2 bridgehead atoms. The van der Waals surface area contributed by atoms with Crippen molar-refractivity contribution in [3.63, 3.8) is 0 Å². The molecule has 0 spiro atoms. The molecule has 1 saturated carbocycles. The van der Waals surface area contributed by atoms with Gasteiger partial charge in [-0.25, -0.2) is 9.78 Å². The largest absolute Gasteiger partial charge is 0.460 e. The molecule has 0 amide bonds. The molecule has 0 unspecified atom stereocenters. The van der Waals surface area contributed by atoms with Gasteiger partial charge < -0.3 is 24.8 Å². The van der Waals surface area contributed by atoms with Crippen LogP contribution in [-0.4, -0.2) is 45.7 Å². The van der Waals surface area contributed by atoms with Gasteiger partial charge in [-0.1, -0.05) is 11.6 Å². The van der Waals surface area contributed by atoms with Gasteiger partial charge in [0, 0.05) is 30.7 Å². The number of ether oxygens (including phenoxy) is 1. The molecule has 0 radical (unpaired) electrons. The Hall–Kier alpha value is -3.33. The van der Waals surface area contributed by atoms with Crippen molar-refractivity contribution >= 4 is 51.6 Å². The zero-order valence-electron chi connectivity index (χ0n) is 18.3. The maximum Gasteiger partial charge on any atom is 0.346 e. The summed E-state index contributed by atoms with van der Waals surface area (Å²) < 4.78 is 6.74. The second kappa shape index (κ2) is 7.34. The summed E-state index contributed by atoms with van der Waals surface area (Å²) in [5.41, 5.74) is 1.54. The Labute approximate surface area is 194 Å². The summed E-state index contributed by atoms with van der Waals surface area (Å²) in [6.07, 6.45) is 4.03. The van der Waals surface area contributed by atoms with Crippen LogP contribution in [0.15, 0.2) is 29.2 Å². The van der Waals surface area contributed by atoms with Crippen molar-refractivity contribution in [2.45, 2.75) is 31.8 Å². The molecular formula is C23H23ClN6O3. The van der Waals surface area contributed by atoms with Crippen LogP contribution in [-0.2, 0) is 11.8 Å². The molecule has 1 aromatic carbocycles. The van der Waals surface area contributed by atoms with Crippen LogP contribution in [0.2, 0.25) is 5.02 Å². The molecule has 10 heteroatoms. The summed E-state index contributed by atoms with van der Waals surface area (Å²) in [5.74, 6) is 1.33.